The lowest BCUT2D eigenvalue weighted by atomic mass is 10.1. The Morgan fingerprint density at radius 2 is 1.96 bits per heavy atom. The second-order valence-corrected chi connectivity index (χ2v) is 7.03. The third-order valence-electron chi connectivity index (χ3n) is 4.68. The maximum atomic E-state index is 9.71. The van der Waals surface area contributed by atoms with Crippen molar-refractivity contribution in [2.45, 2.75) is 38.9 Å². The Labute approximate surface area is 153 Å². The van der Waals surface area contributed by atoms with Gasteiger partial charge in [-0.25, -0.2) is 9.67 Å². The number of rotatable bonds is 4. The Kier molecular flexibility index (Phi) is 4.51. The largest absolute Gasteiger partial charge is 0.491 e. The molecule has 0 atom stereocenters. The minimum absolute atomic E-state index is 0.130. The topological polar surface area (TPSA) is 63.4 Å². The molecule has 2 aromatic heterocycles. The van der Waals surface area contributed by atoms with Gasteiger partial charge in [-0.1, -0.05) is 0 Å². The van der Waals surface area contributed by atoms with Crippen LogP contribution in [0.1, 0.15) is 26.7 Å². The fourth-order valence-electron chi connectivity index (χ4n) is 3.36. The van der Waals surface area contributed by atoms with Gasteiger partial charge in [-0.05, 0) is 44.9 Å². The zero-order valence-electron chi connectivity index (χ0n) is 15.2. The van der Waals surface area contributed by atoms with E-state index in [9.17, 15) is 5.11 Å². The van der Waals surface area contributed by atoms with E-state index in [1.54, 1.807) is 0 Å². The van der Waals surface area contributed by atoms with Crippen molar-refractivity contribution in [2.24, 2.45) is 0 Å². The quantitative estimate of drug-likeness (QED) is 0.781. The Balaban J connectivity index is 1.68. The zero-order chi connectivity index (χ0) is 18.1. The molecule has 26 heavy (non-hydrogen) atoms. The molecule has 1 aromatic carbocycles. The molecule has 1 N–H and O–H groups in total. The molecule has 0 unspecified atom stereocenters. The summed E-state index contributed by atoms with van der Waals surface area (Å²) in [5.41, 5.74) is 1.98. The van der Waals surface area contributed by atoms with Crippen molar-refractivity contribution in [3.63, 3.8) is 0 Å². The van der Waals surface area contributed by atoms with Gasteiger partial charge in [0.1, 0.15) is 11.6 Å². The number of aliphatic hydroxyl groups excluding tert-OH is 1. The Morgan fingerprint density at radius 3 is 2.73 bits per heavy atom. The minimum Gasteiger partial charge on any atom is -0.491 e. The summed E-state index contributed by atoms with van der Waals surface area (Å²) >= 11 is 0. The van der Waals surface area contributed by atoms with E-state index in [1.807, 2.05) is 55.2 Å². The van der Waals surface area contributed by atoms with Crippen LogP contribution in [-0.2, 0) is 0 Å². The molecule has 4 rings (SSSR count). The van der Waals surface area contributed by atoms with Crippen LogP contribution in [0.25, 0.3) is 16.6 Å². The average Bonchev–Trinajstić information content (AvgIpc) is 3.05. The summed E-state index contributed by atoms with van der Waals surface area (Å²) in [4.78, 5) is 6.73. The number of ether oxygens (including phenoxy) is 1. The van der Waals surface area contributed by atoms with E-state index in [0.717, 1.165) is 54.1 Å². The fourth-order valence-corrected chi connectivity index (χ4v) is 3.36. The number of hydrogen-bond acceptors (Lipinski definition) is 5. The summed E-state index contributed by atoms with van der Waals surface area (Å²) in [6.07, 6.45) is 5.19. The second-order valence-electron chi connectivity index (χ2n) is 7.03. The molecule has 3 aromatic rings. The van der Waals surface area contributed by atoms with E-state index < -0.39 is 0 Å². The van der Waals surface area contributed by atoms with Crippen LogP contribution < -0.4 is 9.64 Å². The predicted molar refractivity (Wildman–Crippen MR) is 102 cm³/mol. The van der Waals surface area contributed by atoms with Gasteiger partial charge >= 0.3 is 0 Å². The van der Waals surface area contributed by atoms with Crippen LogP contribution in [0.3, 0.4) is 0 Å². The molecule has 0 aliphatic carbocycles. The van der Waals surface area contributed by atoms with Crippen LogP contribution in [0.2, 0.25) is 0 Å². The molecule has 0 amide bonds. The van der Waals surface area contributed by atoms with Gasteiger partial charge in [0.15, 0.2) is 0 Å². The summed E-state index contributed by atoms with van der Waals surface area (Å²) in [5, 5.41) is 15.3. The van der Waals surface area contributed by atoms with Crippen LogP contribution in [0.4, 0.5) is 5.82 Å². The molecule has 1 saturated heterocycles. The van der Waals surface area contributed by atoms with Crippen molar-refractivity contribution in [1.29, 1.82) is 0 Å². The van der Waals surface area contributed by atoms with E-state index >= 15 is 0 Å². The first-order valence-electron chi connectivity index (χ1n) is 9.14. The number of piperidine rings is 1. The summed E-state index contributed by atoms with van der Waals surface area (Å²) < 4.78 is 7.75. The molecule has 6 heteroatoms. The first-order chi connectivity index (χ1) is 12.6. The van der Waals surface area contributed by atoms with Crippen molar-refractivity contribution in [2.75, 3.05) is 18.0 Å². The standard InChI is InChI=1S/C20H24N4O2/c1-14(2)26-18-4-3-15-13-22-24(19(15)12-18)16-5-8-21-20(11-16)23-9-6-17(25)7-10-23/h3-5,8,11-14,17,25H,6-7,9-10H2,1-2H3. The highest BCUT2D eigenvalue weighted by Gasteiger charge is 2.18. The van der Waals surface area contributed by atoms with Gasteiger partial charge < -0.3 is 14.7 Å². The summed E-state index contributed by atoms with van der Waals surface area (Å²) in [6, 6.07) is 10.1. The SMILES string of the molecule is CC(C)Oc1ccc2cnn(-c3ccnc(N4CCC(O)CC4)c3)c2c1. The van der Waals surface area contributed by atoms with Gasteiger partial charge in [0.2, 0.25) is 0 Å². The maximum Gasteiger partial charge on any atom is 0.130 e. The van der Waals surface area contributed by atoms with E-state index in [1.165, 1.54) is 0 Å². The number of hydrogen-bond donors (Lipinski definition) is 1. The van der Waals surface area contributed by atoms with E-state index in [4.69, 9.17) is 4.74 Å². The van der Waals surface area contributed by atoms with Crippen LogP contribution in [0.5, 0.6) is 5.75 Å². The summed E-state index contributed by atoms with van der Waals surface area (Å²) in [5.74, 6) is 1.76. The van der Waals surface area contributed by atoms with Crippen molar-refractivity contribution in [3.8, 4) is 11.4 Å². The fraction of sp³-hybridized carbons (Fsp3) is 0.400. The highest BCUT2D eigenvalue weighted by atomic mass is 16.5. The number of benzene rings is 1. The van der Waals surface area contributed by atoms with Gasteiger partial charge in [-0.15, -0.1) is 0 Å². The van der Waals surface area contributed by atoms with Crippen LogP contribution >= 0.6 is 0 Å². The Bertz CT molecular complexity index is 898. The number of anilines is 1. The molecule has 1 aliphatic heterocycles. The highest BCUT2D eigenvalue weighted by Crippen LogP contribution is 2.26. The van der Waals surface area contributed by atoms with Gasteiger partial charge in [0, 0.05) is 36.8 Å². The monoisotopic (exact) mass is 352 g/mol. The van der Waals surface area contributed by atoms with Gasteiger partial charge in [-0.2, -0.15) is 5.10 Å². The number of aromatic nitrogens is 3. The maximum absolute atomic E-state index is 9.71. The second kappa shape index (κ2) is 6.96. The van der Waals surface area contributed by atoms with Crippen LogP contribution in [0.15, 0.2) is 42.7 Å². The average molecular weight is 352 g/mol. The van der Waals surface area contributed by atoms with E-state index in [0.29, 0.717) is 0 Å². The Hall–Kier alpha value is -2.60. The molecule has 0 radical (unpaired) electrons. The number of aliphatic hydroxyl groups is 1. The molecule has 1 fully saturated rings. The third kappa shape index (κ3) is 3.37. The number of fused-ring (bicyclic) bond motifs is 1. The lowest BCUT2D eigenvalue weighted by molar-refractivity contribution is 0.145. The first kappa shape index (κ1) is 16.8. The molecule has 0 bridgehead atoms. The summed E-state index contributed by atoms with van der Waals surface area (Å²) in [6.45, 7) is 5.69. The molecule has 0 saturated carbocycles. The predicted octanol–water partition coefficient (Wildman–Crippen LogP) is 3.17. The number of pyridine rings is 1. The molecular weight excluding hydrogens is 328 g/mol. The first-order valence-corrected chi connectivity index (χ1v) is 9.14. The lowest BCUT2D eigenvalue weighted by Gasteiger charge is -2.30. The summed E-state index contributed by atoms with van der Waals surface area (Å²) in [7, 11) is 0. The minimum atomic E-state index is -0.191. The number of nitrogens with zero attached hydrogens (tertiary/aromatic N) is 4. The smallest absolute Gasteiger partial charge is 0.130 e. The van der Waals surface area contributed by atoms with Gasteiger partial charge in [0.05, 0.1) is 29.6 Å². The molecular formula is C20H24N4O2. The van der Waals surface area contributed by atoms with Crippen molar-refractivity contribution < 1.29 is 9.84 Å². The molecule has 136 valence electrons. The third-order valence-corrected chi connectivity index (χ3v) is 4.68. The van der Waals surface area contributed by atoms with Crippen LogP contribution in [-0.4, -0.2) is 45.2 Å². The molecule has 1 aliphatic rings. The Morgan fingerprint density at radius 1 is 1.15 bits per heavy atom. The van der Waals surface area contributed by atoms with Crippen LogP contribution in [0, 0.1) is 0 Å². The van der Waals surface area contributed by atoms with Crippen molar-refractivity contribution in [1.82, 2.24) is 14.8 Å². The van der Waals surface area contributed by atoms with E-state index in [-0.39, 0.29) is 12.2 Å². The molecule has 6 nitrogen and oxygen atoms in total. The molecule has 3 heterocycles. The van der Waals surface area contributed by atoms with Crippen molar-refractivity contribution in [3.05, 3.63) is 42.7 Å². The molecule has 0 spiro atoms. The lowest BCUT2D eigenvalue weighted by Crippen LogP contribution is -2.36. The highest BCUT2D eigenvalue weighted by molar-refractivity contribution is 5.81. The van der Waals surface area contributed by atoms with E-state index in [2.05, 4.69) is 21.0 Å². The van der Waals surface area contributed by atoms with Gasteiger partial charge in [0.25, 0.3) is 0 Å². The van der Waals surface area contributed by atoms with Gasteiger partial charge in [-0.3, -0.25) is 0 Å². The normalized spacial score (nSPS) is 15.8. The van der Waals surface area contributed by atoms with Crippen molar-refractivity contribution >= 4 is 16.7 Å². The zero-order valence-corrected chi connectivity index (χ0v) is 15.2.